The Morgan fingerprint density at radius 2 is 1.74 bits per heavy atom. The average molecular weight is 283 g/mol. The normalized spacial score (nSPS) is 14.3. The lowest BCUT2D eigenvalue weighted by Gasteiger charge is -2.29. The number of alkyl halides is 5. The van der Waals surface area contributed by atoms with Crippen LogP contribution in [-0.2, 0) is 0 Å². The third-order valence-electron chi connectivity index (χ3n) is 2.73. The van der Waals surface area contributed by atoms with Gasteiger partial charge in [-0.25, -0.2) is 0 Å². The highest BCUT2D eigenvalue weighted by Gasteiger charge is 2.62. The molecule has 0 aliphatic rings. The van der Waals surface area contributed by atoms with Crippen LogP contribution in [0.4, 0.5) is 22.0 Å². The van der Waals surface area contributed by atoms with Gasteiger partial charge in [-0.3, -0.25) is 0 Å². The first-order chi connectivity index (χ1) is 8.65. The molecular weight excluding hydrogens is 269 g/mol. The summed E-state index contributed by atoms with van der Waals surface area (Å²) in [4.78, 5) is 0. The van der Waals surface area contributed by atoms with Gasteiger partial charge in [0.1, 0.15) is 11.8 Å². The van der Waals surface area contributed by atoms with E-state index in [1.165, 1.54) is 19.2 Å². The van der Waals surface area contributed by atoms with E-state index in [0.29, 0.717) is 5.56 Å². The summed E-state index contributed by atoms with van der Waals surface area (Å²) in [5.74, 6) is -4.92. The smallest absolute Gasteiger partial charge is 0.455 e. The van der Waals surface area contributed by atoms with Gasteiger partial charge in [0, 0.05) is 5.56 Å². The Bertz CT molecular complexity index is 444. The van der Waals surface area contributed by atoms with Gasteiger partial charge in [0.15, 0.2) is 0 Å². The van der Waals surface area contributed by atoms with E-state index in [1.807, 2.05) is 5.32 Å². The van der Waals surface area contributed by atoms with Crippen molar-refractivity contribution in [3.05, 3.63) is 29.3 Å². The summed E-state index contributed by atoms with van der Waals surface area (Å²) in [5, 5.41) is 2.02. The third kappa shape index (κ3) is 2.97. The maximum absolute atomic E-state index is 13.5. The molecule has 0 fully saturated rings. The van der Waals surface area contributed by atoms with Crippen molar-refractivity contribution in [3.63, 3.8) is 0 Å². The fourth-order valence-corrected chi connectivity index (χ4v) is 1.78. The van der Waals surface area contributed by atoms with Crippen molar-refractivity contribution in [2.45, 2.75) is 25.1 Å². The van der Waals surface area contributed by atoms with Gasteiger partial charge in [-0.15, -0.1) is 0 Å². The van der Waals surface area contributed by atoms with Gasteiger partial charge in [0.2, 0.25) is 0 Å². The summed E-state index contributed by atoms with van der Waals surface area (Å²) < 4.78 is 69.2. The van der Waals surface area contributed by atoms with Crippen LogP contribution in [0, 0.1) is 6.92 Å². The molecule has 19 heavy (non-hydrogen) atoms. The lowest BCUT2D eigenvalue weighted by atomic mass is 9.97. The summed E-state index contributed by atoms with van der Waals surface area (Å²) >= 11 is 0. The van der Waals surface area contributed by atoms with Crippen LogP contribution in [0.25, 0.3) is 0 Å². The molecule has 0 saturated heterocycles. The fraction of sp³-hybridized carbons (Fsp3) is 0.500. The van der Waals surface area contributed by atoms with Crippen LogP contribution in [0.15, 0.2) is 18.2 Å². The molecule has 0 aromatic heterocycles. The van der Waals surface area contributed by atoms with Crippen LogP contribution < -0.4 is 10.1 Å². The van der Waals surface area contributed by atoms with Crippen molar-refractivity contribution in [2.75, 3.05) is 14.2 Å². The molecule has 0 aliphatic heterocycles. The largest absolute Gasteiger partial charge is 0.496 e. The van der Waals surface area contributed by atoms with E-state index in [1.54, 1.807) is 13.0 Å². The number of nitrogens with one attached hydrogen (secondary N) is 1. The van der Waals surface area contributed by atoms with Crippen molar-refractivity contribution < 1.29 is 26.7 Å². The summed E-state index contributed by atoms with van der Waals surface area (Å²) in [7, 11) is 2.26. The van der Waals surface area contributed by atoms with Crippen molar-refractivity contribution in [3.8, 4) is 5.75 Å². The van der Waals surface area contributed by atoms with Crippen molar-refractivity contribution in [2.24, 2.45) is 0 Å². The zero-order chi connectivity index (χ0) is 14.8. The highest BCUT2D eigenvalue weighted by Crippen LogP contribution is 2.46. The maximum atomic E-state index is 13.5. The monoisotopic (exact) mass is 283 g/mol. The number of benzene rings is 1. The molecule has 2 nitrogen and oxygen atoms in total. The minimum Gasteiger partial charge on any atom is -0.496 e. The summed E-state index contributed by atoms with van der Waals surface area (Å²) in [5.41, 5.74) is 0.335. The highest BCUT2D eigenvalue weighted by molar-refractivity contribution is 5.40. The molecule has 1 aromatic rings. The van der Waals surface area contributed by atoms with E-state index in [4.69, 9.17) is 4.74 Å². The van der Waals surface area contributed by atoms with Gasteiger partial charge in [-0.2, -0.15) is 22.0 Å². The average Bonchev–Trinajstić information content (AvgIpc) is 2.28. The van der Waals surface area contributed by atoms with Crippen molar-refractivity contribution in [1.82, 2.24) is 5.32 Å². The predicted molar refractivity (Wildman–Crippen MR) is 60.5 cm³/mol. The van der Waals surface area contributed by atoms with Gasteiger partial charge < -0.3 is 10.1 Å². The van der Waals surface area contributed by atoms with Gasteiger partial charge in [-0.05, 0) is 20.0 Å². The molecule has 1 atom stereocenters. The van der Waals surface area contributed by atoms with Crippen molar-refractivity contribution in [1.29, 1.82) is 0 Å². The SMILES string of the molecule is CNC(c1cc(C)ccc1OC)C(F)(F)C(F)(F)F. The molecule has 0 saturated carbocycles. The lowest BCUT2D eigenvalue weighted by molar-refractivity contribution is -0.294. The van der Waals surface area contributed by atoms with Crippen LogP contribution in [0.3, 0.4) is 0 Å². The predicted octanol–water partition coefficient (Wildman–Crippen LogP) is 3.46. The minimum absolute atomic E-state index is 0.0196. The summed E-state index contributed by atoms with van der Waals surface area (Å²) in [6.45, 7) is 1.60. The molecule has 1 N–H and O–H groups in total. The van der Waals surface area contributed by atoms with Crippen LogP contribution >= 0.6 is 0 Å². The molecular formula is C12H14F5NO. The van der Waals surface area contributed by atoms with Gasteiger partial charge in [-0.1, -0.05) is 17.7 Å². The number of ether oxygens (including phenoxy) is 1. The van der Waals surface area contributed by atoms with Gasteiger partial charge >= 0.3 is 12.1 Å². The molecule has 0 spiro atoms. The minimum atomic E-state index is -5.64. The van der Waals surface area contributed by atoms with Crippen LogP contribution in [0.1, 0.15) is 17.2 Å². The third-order valence-corrected chi connectivity index (χ3v) is 2.73. The second-order valence-corrected chi connectivity index (χ2v) is 4.09. The maximum Gasteiger partial charge on any atom is 0.455 e. The van der Waals surface area contributed by atoms with Crippen LogP contribution in [-0.4, -0.2) is 26.3 Å². The van der Waals surface area contributed by atoms with E-state index in [0.717, 1.165) is 7.05 Å². The topological polar surface area (TPSA) is 21.3 Å². The number of hydrogen-bond donors (Lipinski definition) is 1. The fourth-order valence-electron chi connectivity index (χ4n) is 1.78. The molecule has 0 radical (unpaired) electrons. The molecule has 7 heteroatoms. The molecule has 0 amide bonds. The standard InChI is InChI=1S/C12H14F5NO/c1-7-4-5-9(19-3)8(6-7)10(18-2)11(13,14)12(15,16)17/h4-6,10,18H,1-3H3. The van der Waals surface area contributed by atoms with E-state index < -0.39 is 18.1 Å². The molecule has 108 valence electrons. The van der Waals surface area contributed by atoms with E-state index in [2.05, 4.69) is 0 Å². The Morgan fingerprint density at radius 3 is 2.16 bits per heavy atom. The Hall–Kier alpha value is -1.37. The van der Waals surface area contributed by atoms with Crippen molar-refractivity contribution >= 4 is 0 Å². The molecule has 1 aromatic carbocycles. The van der Waals surface area contributed by atoms with E-state index in [-0.39, 0.29) is 11.3 Å². The Balaban J connectivity index is 3.35. The highest BCUT2D eigenvalue weighted by atomic mass is 19.4. The molecule has 1 rings (SSSR count). The summed E-state index contributed by atoms with van der Waals surface area (Å²) in [6.07, 6.45) is -5.64. The number of aryl methyl sites for hydroxylation is 1. The second kappa shape index (κ2) is 5.32. The molecule has 0 heterocycles. The number of rotatable bonds is 4. The Morgan fingerprint density at radius 1 is 1.16 bits per heavy atom. The second-order valence-electron chi connectivity index (χ2n) is 4.09. The van der Waals surface area contributed by atoms with E-state index in [9.17, 15) is 22.0 Å². The number of methoxy groups -OCH3 is 1. The molecule has 0 aliphatic carbocycles. The first kappa shape index (κ1) is 15.7. The molecule has 0 bridgehead atoms. The van der Waals surface area contributed by atoms with Crippen LogP contribution in [0.5, 0.6) is 5.75 Å². The van der Waals surface area contributed by atoms with Crippen LogP contribution in [0.2, 0.25) is 0 Å². The number of hydrogen-bond acceptors (Lipinski definition) is 2. The quantitative estimate of drug-likeness (QED) is 0.854. The first-order valence-corrected chi connectivity index (χ1v) is 5.41. The first-order valence-electron chi connectivity index (χ1n) is 5.41. The Labute approximate surface area is 107 Å². The van der Waals surface area contributed by atoms with Gasteiger partial charge in [0.25, 0.3) is 0 Å². The van der Waals surface area contributed by atoms with E-state index >= 15 is 0 Å². The molecule has 1 unspecified atom stereocenters. The Kier molecular flexibility index (Phi) is 4.39. The lowest BCUT2D eigenvalue weighted by Crippen LogP contribution is -2.47. The zero-order valence-electron chi connectivity index (χ0n) is 10.6. The van der Waals surface area contributed by atoms with Gasteiger partial charge in [0.05, 0.1) is 7.11 Å². The number of halogens is 5. The zero-order valence-corrected chi connectivity index (χ0v) is 10.6. The summed E-state index contributed by atoms with van der Waals surface area (Å²) in [6, 6.07) is 1.98.